The third kappa shape index (κ3) is 6.83. The summed E-state index contributed by atoms with van der Waals surface area (Å²) in [5.41, 5.74) is -0.185. The Morgan fingerprint density at radius 2 is 1.88 bits per heavy atom. The van der Waals surface area contributed by atoms with E-state index in [2.05, 4.69) is 5.32 Å². The van der Waals surface area contributed by atoms with E-state index in [0.29, 0.717) is 6.61 Å². The summed E-state index contributed by atoms with van der Waals surface area (Å²) in [7, 11) is 0. The van der Waals surface area contributed by atoms with Gasteiger partial charge in [0.25, 0.3) is 0 Å². The Labute approximate surface area is 99.9 Å². The molecule has 0 aromatic rings. The molecule has 0 heterocycles. The second kappa shape index (κ2) is 6.89. The average Bonchev–Trinajstić information content (AvgIpc) is 2.14. The normalized spacial score (nSPS) is 13.9. The van der Waals surface area contributed by atoms with Gasteiger partial charge in [-0.1, -0.05) is 13.8 Å². The minimum atomic E-state index is -0.185. The maximum atomic E-state index is 11.7. The minimum Gasteiger partial charge on any atom is -0.379 e. The van der Waals surface area contributed by atoms with Crippen LogP contribution < -0.4 is 5.32 Å². The fourth-order valence-corrected chi connectivity index (χ4v) is 1.25. The Hall–Kier alpha value is -0.570. The van der Waals surface area contributed by atoms with Crippen LogP contribution in [0.3, 0.4) is 0 Å². The molecule has 0 aliphatic carbocycles. The quantitative estimate of drug-likeness (QED) is 0.729. The summed E-state index contributed by atoms with van der Waals surface area (Å²) >= 11 is 0. The summed E-state index contributed by atoms with van der Waals surface area (Å²) in [6, 6.07) is 0. The van der Waals surface area contributed by atoms with Crippen LogP contribution in [0.15, 0.2) is 0 Å². The molecule has 0 aliphatic heterocycles. The van der Waals surface area contributed by atoms with E-state index in [0.717, 1.165) is 12.8 Å². The smallest absolute Gasteiger partial charge is 0.223 e. The minimum absolute atomic E-state index is 0.0882. The summed E-state index contributed by atoms with van der Waals surface area (Å²) in [6.07, 6.45) is 1.97. The Bertz CT molecular complexity index is 212. The summed E-state index contributed by atoms with van der Waals surface area (Å²) in [6.45, 7) is 12.8. The Balaban J connectivity index is 3.98. The number of amides is 1. The van der Waals surface area contributed by atoms with Crippen LogP contribution in [0, 0.1) is 5.92 Å². The lowest BCUT2D eigenvalue weighted by molar-refractivity contribution is -0.126. The molecule has 3 heteroatoms. The number of carbonyl (C=O) groups is 1. The first-order valence-corrected chi connectivity index (χ1v) is 6.22. The van der Waals surface area contributed by atoms with Gasteiger partial charge in [-0.2, -0.15) is 0 Å². The van der Waals surface area contributed by atoms with Crippen molar-refractivity contribution in [3.8, 4) is 0 Å². The van der Waals surface area contributed by atoms with Crippen LogP contribution in [0.4, 0.5) is 0 Å². The number of hydrogen-bond acceptors (Lipinski definition) is 2. The first-order chi connectivity index (χ1) is 7.28. The average molecular weight is 229 g/mol. The van der Waals surface area contributed by atoms with Gasteiger partial charge in [-0.05, 0) is 40.5 Å². The molecule has 0 aliphatic rings. The van der Waals surface area contributed by atoms with E-state index in [9.17, 15) is 4.79 Å². The standard InChI is InChI=1S/C13H27NO2/c1-7-11(4)12(15)14-13(5,6)8-9-16-10(2)3/h10-11H,7-9H2,1-6H3,(H,14,15). The molecule has 1 N–H and O–H groups in total. The SMILES string of the molecule is CCC(C)C(=O)NC(C)(C)CCOC(C)C. The van der Waals surface area contributed by atoms with Gasteiger partial charge in [0.2, 0.25) is 5.91 Å². The number of hydrogen-bond donors (Lipinski definition) is 1. The van der Waals surface area contributed by atoms with Crippen molar-refractivity contribution in [1.29, 1.82) is 0 Å². The van der Waals surface area contributed by atoms with Crippen molar-refractivity contribution >= 4 is 5.91 Å². The number of carbonyl (C=O) groups excluding carboxylic acids is 1. The summed E-state index contributed by atoms with van der Waals surface area (Å²) in [5, 5.41) is 3.06. The fourth-order valence-electron chi connectivity index (χ4n) is 1.25. The molecule has 0 fully saturated rings. The molecule has 3 nitrogen and oxygen atoms in total. The van der Waals surface area contributed by atoms with Crippen molar-refractivity contribution in [1.82, 2.24) is 5.32 Å². The van der Waals surface area contributed by atoms with Crippen LogP contribution in [0.1, 0.15) is 54.4 Å². The number of ether oxygens (including phenoxy) is 1. The molecule has 96 valence electrons. The zero-order valence-corrected chi connectivity index (χ0v) is 11.6. The Kier molecular flexibility index (Phi) is 6.65. The van der Waals surface area contributed by atoms with Gasteiger partial charge in [0.15, 0.2) is 0 Å². The first-order valence-electron chi connectivity index (χ1n) is 6.22. The Morgan fingerprint density at radius 1 is 1.31 bits per heavy atom. The van der Waals surface area contributed by atoms with Crippen LogP contribution in [0.25, 0.3) is 0 Å². The van der Waals surface area contributed by atoms with Gasteiger partial charge < -0.3 is 10.1 Å². The van der Waals surface area contributed by atoms with E-state index in [4.69, 9.17) is 4.74 Å². The largest absolute Gasteiger partial charge is 0.379 e. The highest BCUT2D eigenvalue weighted by Crippen LogP contribution is 2.11. The number of rotatable bonds is 7. The van der Waals surface area contributed by atoms with Gasteiger partial charge >= 0.3 is 0 Å². The van der Waals surface area contributed by atoms with Gasteiger partial charge in [-0.15, -0.1) is 0 Å². The van der Waals surface area contributed by atoms with E-state index in [1.165, 1.54) is 0 Å². The number of nitrogens with one attached hydrogen (secondary N) is 1. The molecular weight excluding hydrogens is 202 g/mol. The van der Waals surface area contributed by atoms with Crippen molar-refractivity contribution in [2.24, 2.45) is 5.92 Å². The van der Waals surface area contributed by atoms with E-state index >= 15 is 0 Å². The van der Waals surface area contributed by atoms with Crippen molar-refractivity contribution in [2.45, 2.75) is 66.0 Å². The van der Waals surface area contributed by atoms with Crippen molar-refractivity contribution in [3.05, 3.63) is 0 Å². The second-order valence-corrected chi connectivity index (χ2v) is 5.35. The van der Waals surface area contributed by atoms with Gasteiger partial charge in [-0.3, -0.25) is 4.79 Å². The third-order valence-electron chi connectivity index (χ3n) is 2.70. The van der Waals surface area contributed by atoms with Crippen molar-refractivity contribution < 1.29 is 9.53 Å². The van der Waals surface area contributed by atoms with Crippen molar-refractivity contribution in [2.75, 3.05) is 6.61 Å². The predicted octanol–water partition coefficient (Wildman–Crippen LogP) is 2.74. The lowest BCUT2D eigenvalue weighted by Crippen LogP contribution is -2.46. The molecule has 1 amide bonds. The van der Waals surface area contributed by atoms with Gasteiger partial charge in [0.1, 0.15) is 0 Å². The molecule has 0 rings (SSSR count). The van der Waals surface area contributed by atoms with E-state index in [1.807, 2.05) is 41.5 Å². The van der Waals surface area contributed by atoms with Gasteiger partial charge in [0, 0.05) is 18.1 Å². The van der Waals surface area contributed by atoms with Crippen molar-refractivity contribution in [3.63, 3.8) is 0 Å². The molecule has 1 atom stereocenters. The summed E-state index contributed by atoms with van der Waals surface area (Å²) in [4.78, 5) is 11.7. The third-order valence-corrected chi connectivity index (χ3v) is 2.70. The Morgan fingerprint density at radius 3 is 2.31 bits per heavy atom. The molecule has 0 saturated heterocycles. The monoisotopic (exact) mass is 229 g/mol. The molecule has 1 unspecified atom stereocenters. The summed E-state index contributed by atoms with van der Waals surface area (Å²) in [5.74, 6) is 0.224. The molecule has 0 aromatic carbocycles. The molecule has 0 bridgehead atoms. The zero-order valence-electron chi connectivity index (χ0n) is 11.6. The van der Waals surface area contributed by atoms with E-state index in [1.54, 1.807) is 0 Å². The molecule has 0 aromatic heterocycles. The topological polar surface area (TPSA) is 38.3 Å². The maximum Gasteiger partial charge on any atom is 0.223 e. The second-order valence-electron chi connectivity index (χ2n) is 5.35. The lowest BCUT2D eigenvalue weighted by Gasteiger charge is -2.28. The van der Waals surface area contributed by atoms with Crippen LogP contribution in [-0.4, -0.2) is 24.2 Å². The zero-order chi connectivity index (χ0) is 12.8. The van der Waals surface area contributed by atoms with Crippen LogP contribution in [0.2, 0.25) is 0 Å². The molecule has 0 radical (unpaired) electrons. The van der Waals surface area contributed by atoms with Crippen LogP contribution >= 0.6 is 0 Å². The summed E-state index contributed by atoms with van der Waals surface area (Å²) < 4.78 is 5.49. The lowest BCUT2D eigenvalue weighted by atomic mass is 9.99. The fraction of sp³-hybridized carbons (Fsp3) is 0.923. The van der Waals surface area contributed by atoms with E-state index < -0.39 is 0 Å². The highest BCUT2D eigenvalue weighted by molar-refractivity contribution is 5.78. The highest BCUT2D eigenvalue weighted by Gasteiger charge is 2.22. The highest BCUT2D eigenvalue weighted by atomic mass is 16.5. The first kappa shape index (κ1) is 15.4. The van der Waals surface area contributed by atoms with Crippen LogP contribution in [-0.2, 0) is 9.53 Å². The maximum absolute atomic E-state index is 11.7. The predicted molar refractivity (Wildman–Crippen MR) is 67.4 cm³/mol. The molecule has 0 saturated carbocycles. The molecule has 0 spiro atoms. The van der Waals surface area contributed by atoms with Gasteiger partial charge in [-0.25, -0.2) is 0 Å². The van der Waals surface area contributed by atoms with Gasteiger partial charge in [0.05, 0.1) is 6.10 Å². The molecular formula is C13H27NO2. The molecule has 16 heavy (non-hydrogen) atoms. The van der Waals surface area contributed by atoms with E-state index in [-0.39, 0.29) is 23.5 Å². The van der Waals surface area contributed by atoms with Crippen LogP contribution in [0.5, 0.6) is 0 Å².